The number of fused-ring (bicyclic) bond motifs is 3. The van der Waals surface area contributed by atoms with Crippen molar-refractivity contribution in [1.29, 1.82) is 0 Å². The average Bonchev–Trinajstić information content (AvgIpc) is 3.36. The molecular formula is C52H48N10O7S. The van der Waals surface area contributed by atoms with Gasteiger partial charge in [-0.2, -0.15) is 0 Å². The lowest BCUT2D eigenvalue weighted by Gasteiger charge is -2.12. The maximum Gasteiger partial charge on any atom is 0.267 e. The minimum absolute atomic E-state index is 0.125. The topological polar surface area (TPSA) is 262 Å². The van der Waals surface area contributed by atoms with E-state index in [9.17, 15) is 22.8 Å². The highest BCUT2D eigenvalue weighted by Crippen LogP contribution is 2.31. The summed E-state index contributed by atoms with van der Waals surface area (Å²) in [5, 5.41) is 2.48. The number of primary amides is 3. The number of carbonyl (C=O) groups excluding carboxylic acids is 3. The first-order chi connectivity index (χ1) is 33.5. The van der Waals surface area contributed by atoms with Crippen LogP contribution in [0.25, 0.3) is 66.1 Å². The average molecular weight is 957 g/mol. The molecule has 3 aromatic carbocycles. The molecule has 0 aliphatic rings. The van der Waals surface area contributed by atoms with Crippen molar-refractivity contribution in [2.24, 2.45) is 17.2 Å². The van der Waals surface area contributed by atoms with Crippen LogP contribution in [0.15, 0.2) is 151 Å². The van der Waals surface area contributed by atoms with E-state index in [-0.39, 0.29) is 28.1 Å². The first-order valence-corrected chi connectivity index (χ1v) is 23.0. The van der Waals surface area contributed by atoms with E-state index < -0.39 is 27.7 Å². The standard InChI is InChI=1S/C18H17N3O2.C17H16N4O3S.C17H15N3O2/c1-11(2)23-14-6-3-12(4-7-14)15-10-20-9-13-5-8-16(18(19)22)21-17(13)15;1-21(2)25(23,24)13-6-3-11(4-7-13)14-10-19-9-12-5-8-15(17(18)22)20-16(12)14;1-22-10-11-2-4-12(5-3-11)14-9-19-8-13-6-7-15(17(18)21)20-16(13)14/h3-11H,1-2H3,(H2,19,22);3-10H,1-2H3,(H2,18,22);2-9H,10H2,1H3,(H2,18,21). The molecule has 0 unspecified atom stereocenters. The summed E-state index contributed by atoms with van der Waals surface area (Å²) in [6, 6.07) is 32.2. The fourth-order valence-corrected chi connectivity index (χ4v) is 8.03. The van der Waals surface area contributed by atoms with Gasteiger partial charge in [0.05, 0.1) is 34.2 Å². The lowest BCUT2D eigenvalue weighted by Crippen LogP contribution is -2.22. The van der Waals surface area contributed by atoms with Gasteiger partial charge in [0.2, 0.25) is 10.0 Å². The number of hydrogen-bond acceptors (Lipinski definition) is 13. The molecule has 0 aliphatic carbocycles. The summed E-state index contributed by atoms with van der Waals surface area (Å²) in [6.45, 7) is 4.54. The van der Waals surface area contributed by atoms with E-state index in [4.69, 9.17) is 26.7 Å². The van der Waals surface area contributed by atoms with Crippen molar-refractivity contribution in [2.45, 2.75) is 31.5 Å². The molecule has 0 aliphatic heterocycles. The predicted octanol–water partition coefficient (Wildman–Crippen LogP) is 7.37. The Labute approximate surface area is 403 Å². The van der Waals surface area contributed by atoms with Crippen LogP contribution >= 0.6 is 0 Å². The number of hydrogen-bond donors (Lipinski definition) is 3. The number of amides is 3. The molecule has 18 heteroatoms. The molecule has 3 amide bonds. The van der Waals surface area contributed by atoms with E-state index in [2.05, 4.69) is 29.9 Å². The number of nitrogens with zero attached hydrogens (tertiary/aromatic N) is 7. The van der Waals surface area contributed by atoms with Gasteiger partial charge in [-0.15, -0.1) is 0 Å². The number of sulfonamides is 1. The molecule has 354 valence electrons. The normalized spacial score (nSPS) is 11.2. The summed E-state index contributed by atoms with van der Waals surface area (Å²) in [7, 11) is 1.13. The fourth-order valence-electron chi connectivity index (χ4n) is 7.12. The van der Waals surface area contributed by atoms with Gasteiger partial charge in [0, 0.05) is 91.2 Å². The van der Waals surface area contributed by atoms with Gasteiger partial charge in [0.25, 0.3) is 17.7 Å². The molecule has 0 radical (unpaired) electrons. The van der Waals surface area contributed by atoms with Gasteiger partial charge in [-0.1, -0.05) is 48.5 Å². The van der Waals surface area contributed by atoms with Gasteiger partial charge in [0.15, 0.2) is 0 Å². The van der Waals surface area contributed by atoms with E-state index in [0.717, 1.165) is 59.6 Å². The highest BCUT2D eigenvalue weighted by molar-refractivity contribution is 7.89. The molecule has 0 fully saturated rings. The van der Waals surface area contributed by atoms with Gasteiger partial charge in [-0.05, 0) is 96.8 Å². The van der Waals surface area contributed by atoms with Crippen molar-refractivity contribution in [3.05, 3.63) is 169 Å². The van der Waals surface area contributed by atoms with Crippen LogP contribution in [0.3, 0.4) is 0 Å². The maximum atomic E-state index is 12.2. The van der Waals surface area contributed by atoms with E-state index in [1.807, 2.05) is 62.4 Å². The number of nitrogens with two attached hydrogens (primary N) is 3. The zero-order valence-electron chi connectivity index (χ0n) is 38.8. The Morgan fingerprint density at radius 1 is 0.529 bits per heavy atom. The van der Waals surface area contributed by atoms with E-state index in [1.54, 1.807) is 92.8 Å². The number of aromatic nitrogens is 6. The van der Waals surface area contributed by atoms with Crippen molar-refractivity contribution in [1.82, 2.24) is 34.2 Å². The summed E-state index contributed by atoms with van der Waals surface area (Å²) in [6.07, 6.45) is 10.3. The van der Waals surface area contributed by atoms with Crippen molar-refractivity contribution >= 4 is 60.5 Å². The summed E-state index contributed by atoms with van der Waals surface area (Å²) >= 11 is 0. The van der Waals surface area contributed by atoms with Gasteiger partial charge >= 0.3 is 0 Å². The van der Waals surface area contributed by atoms with Crippen LogP contribution in [0.2, 0.25) is 0 Å². The summed E-state index contributed by atoms with van der Waals surface area (Å²) < 4.78 is 36.2. The van der Waals surface area contributed by atoms with E-state index in [1.165, 1.54) is 26.2 Å². The third-order valence-corrected chi connectivity index (χ3v) is 12.4. The molecule has 70 heavy (non-hydrogen) atoms. The van der Waals surface area contributed by atoms with Gasteiger partial charge in [-0.25, -0.2) is 27.7 Å². The van der Waals surface area contributed by atoms with Crippen LogP contribution < -0.4 is 21.9 Å². The summed E-state index contributed by atoms with van der Waals surface area (Å²) in [5.74, 6) is -0.893. The maximum absolute atomic E-state index is 12.2. The molecule has 6 aromatic heterocycles. The smallest absolute Gasteiger partial charge is 0.267 e. The van der Waals surface area contributed by atoms with Crippen LogP contribution in [0.5, 0.6) is 5.75 Å². The quantitative estimate of drug-likeness (QED) is 0.108. The van der Waals surface area contributed by atoms with Crippen LogP contribution in [0, 0.1) is 0 Å². The monoisotopic (exact) mass is 956 g/mol. The van der Waals surface area contributed by atoms with Crippen LogP contribution in [-0.4, -0.2) is 87.7 Å². The molecule has 0 saturated heterocycles. The zero-order chi connectivity index (χ0) is 50.1. The van der Waals surface area contributed by atoms with Crippen LogP contribution in [0.4, 0.5) is 0 Å². The summed E-state index contributed by atoms with van der Waals surface area (Å²) in [4.78, 5) is 60.0. The molecule has 17 nitrogen and oxygen atoms in total. The third-order valence-electron chi connectivity index (χ3n) is 10.6. The molecular weight excluding hydrogens is 909 g/mol. The molecule has 9 rings (SSSR count). The fraction of sp³-hybridized carbons (Fsp3) is 0.135. The highest BCUT2D eigenvalue weighted by atomic mass is 32.2. The second-order valence-electron chi connectivity index (χ2n) is 16.1. The first kappa shape index (κ1) is 49.3. The van der Waals surface area contributed by atoms with E-state index in [0.29, 0.717) is 28.7 Å². The lowest BCUT2D eigenvalue weighted by molar-refractivity contribution is 0.0987. The molecule has 0 bridgehead atoms. The summed E-state index contributed by atoms with van der Waals surface area (Å²) in [5.41, 5.74) is 24.7. The molecule has 0 spiro atoms. The largest absolute Gasteiger partial charge is 0.491 e. The van der Waals surface area contributed by atoms with Crippen molar-refractivity contribution in [2.75, 3.05) is 21.2 Å². The van der Waals surface area contributed by atoms with Gasteiger partial charge < -0.3 is 26.7 Å². The Balaban J connectivity index is 0.000000155. The van der Waals surface area contributed by atoms with Gasteiger partial charge in [-0.3, -0.25) is 29.3 Å². The number of methoxy groups -OCH3 is 1. The van der Waals surface area contributed by atoms with Crippen molar-refractivity contribution in [3.63, 3.8) is 0 Å². The Morgan fingerprint density at radius 2 is 0.886 bits per heavy atom. The highest BCUT2D eigenvalue weighted by Gasteiger charge is 2.18. The van der Waals surface area contributed by atoms with Crippen LogP contribution in [0.1, 0.15) is 50.9 Å². The Hall–Kier alpha value is -8.58. The molecule has 9 aromatic rings. The SMILES string of the molecule is CC(C)Oc1ccc(-c2cncc3ccc(C(N)=O)nc23)cc1.CN(C)S(=O)(=O)c1ccc(-c2cncc3ccc(C(N)=O)nc23)cc1.COCc1ccc(-c2cncc3ccc(C(N)=O)nc23)cc1. The first-order valence-electron chi connectivity index (χ1n) is 21.6. The number of pyridine rings is 6. The number of carbonyl (C=O) groups is 3. The number of ether oxygens (including phenoxy) is 2. The minimum atomic E-state index is -3.50. The number of benzene rings is 3. The van der Waals surface area contributed by atoms with Crippen LogP contribution in [-0.2, 0) is 21.4 Å². The molecule has 0 saturated carbocycles. The van der Waals surface area contributed by atoms with Crippen molar-refractivity contribution < 1.29 is 32.3 Å². The second kappa shape index (κ2) is 21.6. The zero-order valence-corrected chi connectivity index (χ0v) is 39.6. The van der Waals surface area contributed by atoms with Crippen molar-refractivity contribution in [3.8, 4) is 39.1 Å². The molecule has 6 N–H and O–H groups in total. The Kier molecular flexibility index (Phi) is 15.2. The predicted molar refractivity (Wildman–Crippen MR) is 268 cm³/mol. The minimum Gasteiger partial charge on any atom is -0.491 e. The third kappa shape index (κ3) is 11.4. The van der Waals surface area contributed by atoms with Gasteiger partial charge in [0.1, 0.15) is 22.8 Å². The van der Waals surface area contributed by atoms with E-state index >= 15 is 0 Å². The Bertz CT molecular complexity index is 3480. The Morgan fingerprint density at radius 3 is 1.21 bits per heavy atom. The lowest BCUT2D eigenvalue weighted by atomic mass is 10.0. The number of rotatable bonds is 12. The molecule has 0 atom stereocenters. The second-order valence-corrected chi connectivity index (χ2v) is 18.2. The molecule has 6 heterocycles.